The van der Waals surface area contributed by atoms with Crippen molar-refractivity contribution in [2.45, 2.75) is 18.9 Å². The molecule has 1 aromatic rings. The van der Waals surface area contributed by atoms with Gasteiger partial charge in [0, 0.05) is 32.6 Å². The van der Waals surface area contributed by atoms with Gasteiger partial charge in [-0.25, -0.2) is 4.39 Å². The molecule has 2 heterocycles. The number of likely N-dealkylation sites (tertiary alicyclic amines) is 1. The molecule has 2 fully saturated rings. The summed E-state index contributed by atoms with van der Waals surface area (Å²) in [5.74, 6) is -0.318. The quantitative estimate of drug-likeness (QED) is 0.903. The third-order valence-electron chi connectivity index (χ3n) is 4.29. The minimum atomic E-state index is -0.301. The first-order chi connectivity index (χ1) is 10.6. The van der Waals surface area contributed by atoms with Crippen LogP contribution in [0.1, 0.15) is 24.4 Å². The largest absolute Gasteiger partial charge is 0.333 e. The van der Waals surface area contributed by atoms with Crippen LogP contribution in [0.3, 0.4) is 0 Å². The second-order valence-corrected chi connectivity index (χ2v) is 5.78. The number of carbonyl (C=O) groups excluding carboxylic acids is 2. The van der Waals surface area contributed by atoms with Gasteiger partial charge in [-0.1, -0.05) is 12.1 Å². The fourth-order valence-corrected chi connectivity index (χ4v) is 3.14. The normalized spacial score (nSPS) is 22.2. The third-order valence-corrected chi connectivity index (χ3v) is 4.29. The molecule has 0 radical (unpaired) electrons. The highest BCUT2D eigenvalue weighted by Gasteiger charge is 2.31. The van der Waals surface area contributed by atoms with Gasteiger partial charge in [-0.2, -0.15) is 0 Å². The Morgan fingerprint density at radius 2 is 2.23 bits per heavy atom. The Kier molecular flexibility index (Phi) is 4.38. The number of rotatable bonds is 3. The number of carbonyl (C=O) groups is 2. The summed E-state index contributed by atoms with van der Waals surface area (Å²) < 4.78 is 13.5. The van der Waals surface area contributed by atoms with E-state index >= 15 is 0 Å². The predicted octanol–water partition coefficient (Wildman–Crippen LogP) is 0.921. The van der Waals surface area contributed by atoms with E-state index < -0.39 is 0 Å². The lowest BCUT2D eigenvalue weighted by molar-refractivity contribution is -0.140. The van der Waals surface area contributed by atoms with E-state index in [-0.39, 0.29) is 30.2 Å². The van der Waals surface area contributed by atoms with Crippen molar-refractivity contribution in [2.75, 3.05) is 32.7 Å². The molecule has 5 nitrogen and oxygen atoms in total. The molecule has 0 unspecified atom stereocenters. The lowest BCUT2D eigenvalue weighted by Crippen LogP contribution is -2.51. The maximum absolute atomic E-state index is 13.5. The van der Waals surface area contributed by atoms with Gasteiger partial charge in [-0.3, -0.25) is 9.59 Å². The Balaban J connectivity index is 1.74. The van der Waals surface area contributed by atoms with Crippen LogP contribution in [0, 0.1) is 5.82 Å². The molecule has 118 valence electrons. The first-order valence-electron chi connectivity index (χ1n) is 7.68. The van der Waals surface area contributed by atoms with Crippen LogP contribution in [0.15, 0.2) is 24.3 Å². The molecule has 2 saturated heterocycles. The SMILES string of the molecule is O=C1CCCN1CC(=O)N1CCNC[C@H]1c1cccc(F)c1. The standard InChI is InChI=1S/C16H20FN3O2/c17-13-4-1-3-12(9-13)14-10-18-6-8-20(14)16(22)11-19-7-2-5-15(19)21/h1,3-4,9,14,18H,2,5-8,10-11H2/t14-/m0/s1. The zero-order chi connectivity index (χ0) is 15.5. The van der Waals surface area contributed by atoms with Crippen molar-refractivity contribution in [3.05, 3.63) is 35.6 Å². The first kappa shape index (κ1) is 15.0. The molecule has 6 heteroatoms. The third kappa shape index (κ3) is 3.11. The van der Waals surface area contributed by atoms with Gasteiger partial charge in [-0.15, -0.1) is 0 Å². The molecule has 1 aromatic carbocycles. The van der Waals surface area contributed by atoms with E-state index in [0.717, 1.165) is 12.0 Å². The van der Waals surface area contributed by atoms with Gasteiger partial charge < -0.3 is 15.1 Å². The zero-order valence-corrected chi connectivity index (χ0v) is 12.4. The molecule has 1 N–H and O–H groups in total. The molecule has 0 saturated carbocycles. The first-order valence-corrected chi connectivity index (χ1v) is 7.68. The van der Waals surface area contributed by atoms with Crippen LogP contribution in [0.2, 0.25) is 0 Å². The molecular weight excluding hydrogens is 285 g/mol. The van der Waals surface area contributed by atoms with Crippen LogP contribution >= 0.6 is 0 Å². The summed E-state index contributed by atoms with van der Waals surface area (Å²) in [6, 6.07) is 6.18. The predicted molar refractivity (Wildman–Crippen MR) is 79.5 cm³/mol. The highest BCUT2D eigenvalue weighted by atomic mass is 19.1. The van der Waals surface area contributed by atoms with E-state index in [1.54, 1.807) is 15.9 Å². The average Bonchev–Trinajstić information content (AvgIpc) is 2.92. The fraction of sp³-hybridized carbons (Fsp3) is 0.500. The molecule has 0 aromatic heterocycles. The van der Waals surface area contributed by atoms with Crippen molar-refractivity contribution in [1.29, 1.82) is 0 Å². The van der Waals surface area contributed by atoms with Gasteiger partial charge in [0.2, 0.25) is 11.8 Å². The van der Waals surface area contributed by atoms with Gasteiger partial charge in [0.25, 0.3) is 0 Å². The number of benzene rings is 1. The van der Waals surface area contributed by atoms with Gasteiger partial charge >= 0.3 is 0 Å². The molecule has 2 aliphatic heterocycles. The van der Waals surface area contributed by atoms with Gasteiger partial charge in [0.05, 0.1) is 12.6 Å². The molecule has 2 aliphatic rings. The maximum Gasteiger partial charge on any atom is 0.242 e. The van der Waals surface area contributed by atoms with Crippen LogP contribution in [-0.4, -0.2) is 54.3 Å². The highest BCUT2D eigenvalue weighted by molar-refractivity contribution is 5.86. The van der Waals surface area contributed by atoms with E-state index in [2.05, 4.69) is 5.32 Å². The molecule has 3 rings (SSSR count). The van der Waals surface area contributed by atoms with E-state index in [1.807, 2.05) is 6.07 Å². The number of piperazine rings is 1. The van der Waals surface area contributed by atoms with Crippen molar-refractivity contribution in [2.24, 2.45) is 0 Å². The molecule has 0 spiro atoms. The van der Waals surface area contributed by atoms with Crippen molar-refractivity contribution < 1.29 is 14.0 Å². The molecule has 0 aliphatic carbocycles. The van der Waals surface area contributed by atoms with Gasteiger partial charge in [0.15, 0.2) is 0 Å². The summed E-state index contributed by atoms with van der Waals surface area (Å²) in [6.07, 6.45) is 1.35. The van der Waals surface area contributed by atoms with Crippen LogP contribution in [0.4, 0.5) is 4.39 Å². The van der Waals surface area contributed by atoms with Crippen LogP contribution < -0.4 is 5.32 Å². The summed E-state index contributed by atoms with van der Waals surface area (Å²) in [7, 11) is 0. The average molecular weight is 305 g/mol. The van der Waals surface area contributed by atoms with Crippen molar-refractivity contribution >= 4 is 11.8 Å². The summed E-state index contributed by atoms with van der Waals surface area (Å²) in [6.45, 7) is 2.67. The van der Waals surface area contributed by atoms with Crippen molar-refractivity contribution in [1.82, 2.24) is 15.1 Å². The van der Waals surface area contributed by atoms with Crippen molar-refractivity contribution in [3.63, 3.8) is 0 Å². The zero-order valence-electron chi connectivity index (χ0n) is 12.4. The van der Waals surface area contributed by atoms with Crippen molar-refractivity contribution in [3.8, 4) is 0 Å². The minimum absolute atomic E-state index is 0.0470. The minimum Gasteiger partial charge on any atom is -0.333 e. The number of amides is 2. The Hall–Kier alpha value is -1.95. The number of nitrogens with zero attached hydrogens (tertiary/aromatic N) is 2. The second-order valence-electron chi connectivity index (χ2n) is 5.78. The number of nitrogens with one attached hydrogen (secondary N) is 1. The summed E-state index contributed by atoms with van der Waals surface area (Å²) in [5.41, 5.74) is 0.785. The van der Waals surface area contributed by atoms with E-state index in [9.17, 15) is 14.0 Å². The maximum atomic E-state index is 13.5. The smallest absolute Gasteiger partial charge is 0.242 e. The Bertz CT molecular complexity index is 578. The highest BCUT2D eigenvalue weighted by Crippen LogP contribution is 2.23. The fourth-order valence-electron chi connectivity index (χ4n) is 3.14. The molecule has 2 amide bonds. The van der Waals surface area contributed by atoms with Gasteiger partial charge in [0.1, 0.15) is 5.82 Å². The summed E-state index contributed by atoms with van der Waals surface area (Å²) in [5, 5.41) is 3.24. The van der Waals surface area contributed by atoms with Crippen LogP contribution in [0.25, 0.3) is 0 Å². The van der Waals surface area contributed by atoms with E-state index in [1.165, 1.54) is 12.1 Å². The number of halogens is 1. The van der Waals surface area contributed by atoms with E-state index in [4.69, 9.17) is 0 Å². The summed E-state index contributed by atoms with van der Waals surface area (Å²) in [4.78, 5) is 27.6. The second kappa shape index (κ2) is 6.44. The monoisotopic (exact) mass is 305 g/mol. The van der Waals surface area contributed by atoms with Gasteiger partial charge in [-0.05, 0) is 24.1 Å². The molecule has 1 atom stereocenters. The lowest BCUT2D eigenvalue weighted by Gasteiger charge is -2.37. The number of hydrogen-bond acceptors (Lipinski definition) is 3. The lowest BCUT2D eigenvalue weighted by atomic mass is 10.0. The summed E-state index contributed by atoms with van der Waals surface area (Å²) >= 11 is 0. The Labute approximate surface area is 129 Å². The van der Waals surface area contributed by atoms with Crippen LogP contribution in [-0.2, 0) is 9.59 Å². The Morgan fingerprint density at radius 3 is 2.95 bits per heavy atom. The van der Waals surface area contributed by atoms with Crippen LogP contribution in [0.5, 0.6) is 0 Å². The molecule has 22 heavy (non-hydrogen) atoms. The molecular formula is C16H20FN3O2. The number of hydrogen-bond donors (Lipinski definition) is 1. The topological polar surface area (TPSA) is 52.7 Å². The van der Waals surface area contributed by atoms with E-state index in [0.29, 0.717) is 32.6 Å². The molecule has 0 bridgehead atoms. The Morgan fingerprint density at radius 1 is 1.36 bits per heavy atom.